The summed E-state index contributed by atoms with van der Waals surface area (Å²) in [5, 5.41) is 0. The zero-order chi connectivity index (χ0) is 18.3. The summed E-state index contributed by atoms with van der Waals surface area (Å²) in [6.45, 7) is 11.5. The Bertz CT molecular complexity index is 486. The Morgan fingerprint density at radius 3 is 2.25 bits per heavy atom. The van der Waals surface area contributed by atoms with Crippen molar-refractivity contribution in [2.45, 2.75) is 59.3 Å². The second-order valence-corrected chi connectivity index (χ2v) is 7.59. The topological polar surface area (TPSA) is 3.24 Å². The number of likely N-dealkylation sites (tertiary alicyclic amines) is 1. The molecule has 0 aromatic heterocycles. The van der Waals surface area contributed by atoms with E-state index in [0.717, 1.165) is 25.1 Å². The standard InChI is InChI=1S/C11H21F2N.C9H11F/c1-9(2)4-6-14-7-5-10(3)11(12,13)8-14;1-7(2)8-5-3-4-6-9(8)10/h9-10H,4-8H2,1-3H3;3-7H,1-2H3. The SMILES string of the molecule is CC(C)CCN1CCC(C)C(F)(F)C1.CC(C)c1ccccc1F. The highest BCUT2D eigenvalue weighted by atomic mass is 19.3. The lowest BCUT2D eigenvalue weighted by molar-refractivity contribution is -0.105. The van der Waals surface area contributed by atoms with Crippen LogP contribution in [-0.2, 0) is 0 Å². The average Bonchev–Trinajstić information content (AvgIpc) is 2.49. The van der Waals surface area contributed by atoms with Crippen LogP contribution in [0.5, 0.6) is 0 Å². The molecule has 0 radical (unpaired) electrons. The predicted octanol–water partition coefficient (Wildman–Crippen LogP) is 5.96. The van der Waals surface area contributed by atoms with Gasteiger partial charge in [-0.25, -0.2) is 13.2 Å². The van der Waals surface area contributed by atoms with Gasteiger partial charge in [-0.2, -0.15) is 0 Å². The van der Waals surface area contributed by atoms with E-state index in [9.17, 15) is 13.2 Å². The minimum Gasteiger partial charge on any atom is -0.297 e. The first kappa shape index (κ1) is 21.0. The summed E-state index contributed by atoms with van der Waals surface area (Å²) in [7, 11) is 0. The second-order valence-electron chi connectivity index (χ2n) is 7.59. The monoisotopic (exact) mass is 343 g/mol. The van der Waals surface area contributed by atoms with Crippen molar-refractivity contribution >= 4 is 0 Å². The maximum Gasteiger partial charge on any atom is 0.263 e. The van der Waals surface area contributed by atoms with Crippen molar-refractivity contribution in [1.82, 2.24) is 4.90 Å². The molecule has 1 atom stereocenters. The quantitative estimate of drug-likeness (QED) is 0.652. The Kier molecular flexibility index (Phi) is 8.28. The minimum atomic E-state index is -2.48. The lowest BCUT2D eigenvalue weighted by Crippen LogP contribution is -2.47. The largest absolute Gasteiger partial charge is 0.297 e. The van der Waals surface area contributed by atoms with Gasteiger partial charge in [0, 0.05) is 5.92 Å². The summed E-state index contributed by atoms with van der Waals surface area (Å²) in [4.78, 5) is 1.90. The smallest absolute Gasteiger partial charge is 0.263 e. The minimum absolute atomic E-state index is 0.0408. The van der Waals surface area contributed by atoms with Crippen LogP contribution in [0.15, 0.2) is 24.3 Å². The highest BCUT2D eigenvalue weighted by Gasteiger charge is 2.41. The Morgan fingerprint density at radius 1 is 1.17 bits per heavy atom. The third-order valence-electron chi connectivity index (χ3n) is 4.58. The van der Waals surface area contributed by atoms with Crippen molar-refractivity contribution in [3.05, 3.63) is 35.6 Å². The molecule has 1 aromatic rings. The summed E-state index contributed by atoms with van der Waals surface area (Å²) in [6, 6.07) is 6.88. The fourth-order valence-electron chi connectivity index (χ4n) is 2.70. The third-order valence-corrected chi connectivity index (χ3v) is 4.58. The Morgan fingerprint density at radius 2 is 1.79 bits per heavy atom. The normalized spacial score (nSPS) is 20.8. The van der Waals surface area contributed by atoms with Crippen LogP contribution in [-0.4, -0.2) is 30.5 Å². The van der Waals surface area contributed by atoms with Crippen LogP contribution >= 0.6 is 0 Å². The zero-order valence-electron chi connectivity index (χ0n) is 15.7. The van der Waals surface area contributed by atoms with Crippen LogP contribution in [0.4, 0.5) is 13.2 Å². The fraction of sp³-hybridized carbons (Fsp3) is 0.700. The lowest BCUT2D eigenvalue weighted by Gasteiger charge is -2.37. The van der Waals surface area contributed by atoms with Crippen LogP contribution in [0.3, 0.4) is 0 Å². The number of hydrogen-bond donors (Lipinski definition) is 0. The maximum atomic E-state index is 13.3. The van der Waals surface area contributed by atoms with Gasteiger partial charge in [-0.1, -0.05) is 52.8 Å². The van der Waals surface area contributed by atoms with E-state index in [1.807, 2.05) is 30.9 Å². The first-order valence-electron chi connectivity index (χ1n) is 8.98. The van der Waals surface area contributed by atoms with Crippen LogP contribution in [0, 0.1) is 17.7 Å². The number of halogens is 3. The molecule has 1 fully saturated rings. The van der Waals surface area contributed by atoms with E-state index in [4.69, 9.17) is 0 Å². The molecule has 0 amide bonds. The van der Waals surface area contributed by atoms with Crippen molar-refractivity contribution in [3.63, 3.8) is 0 Å². The van der Waals surface area contributed by atoms with Gasteiger partial charge in [0.15, 0.2) is 0 Å². The van der Waals surface area contributed by atoms with Crippen LogP contribution in [0.25, 0.3) is 0 Å². The number of benzene rings is 1. The summed E-state index contributed by atoms with van der Waals surface area (Å²) >= 11 is 0. The zero-order valence-corrected chi connectivity index (χ0v) is 15.7. The Hall–Kier alpha value is -1.03. The van der Waals surface area contributed by atoms with E-state index in [1.54, 1.807) is 13.0 Å². The molecule has 0 spiro atoms. The lowest BCUT2D eigenvalue weighted by atomic mass is 9.94. The predicted molar refractivity (Wildman–Crippen MR) is 95.1 cm³/mol. The van der Waals surface area contributed by atoms with Crippen molar-refractivity contribution in [3.8, 4) is 0 Å². The molecule has 0 saturated carbocycles. The van der Waals surface area contributed by atoms with Gasteiger partial charge in [-0.05, 0) is 49.4 Å². The van der Waals surface area contributed by atoms with Gasteiger partial charge in [0.1, 0.15) is 5.82 Å². The summed E-state index contributed by atoms with van der Waals surface area (Å²) in [5.74, 6) is -2.14. The third kappa shape index (κ3) is 6.84. The molecule has 1 unspecified atom stereocenters. The summed E-state index contributed by atoms with van der Waals surface area (Å²) in [6.07, 6.45) is 1.65. The molecule has 1 heterocycles. The fourth-order valence-corrected chi connectivity index (χ4v) is 2.70. The Labute approximate surface area is 145 Å². The van der Waals surface area contributed by atoms with E-state index in [1.165, 1.54) is 6.07 Å². The van der Waals surface area contributed by atoms with Crippen LogP contribution < -0.4 is 0 Å². The molecule has 1 saturated heterocycles. The van der Waals surface area contributed by atoms with Crippen molar-refractivity contribution in [2.24, 2.45) is 11.8 Å². The highest BCUT2D eigenvalue weighted by molar-refractivity contribution is 5.20. The first-order chi connectivity index (χ1) is 11.1. The number of rotatable bonds is 4. The summed E-state index contributed by atoms with van der Waals surface area (Å²) < 4.78 is 39.5. The van der Waals surface area contributed by atoms with Gasteiger partial charge >= 0.3 is 0 Å². The van der Waals surface area contributed by atoms with Gasteiger partial charge in [-0.15, -0.1) is 0 Å². The molecular formula is C20H32F3N. The van der Waals surface area contributed by atoms with Crippen molar-refractivity contribution in [2.75, 3.05) is 19.6 Å². The summed E-state index contributed by atoms with van der Waals surface area (Å²) in [5.41, 5.74) is 0.794. The number of hydrogen-bond acceptors (Lipinski definition) is 1. The molecule has 24 heavy (non-hydrogen) atoms. The molecule has 138 valence electrons. The first-order valence-corrected chi connectivity index (χ1v) is 8.98. The van der Waals surface area contributed by atoms with E-state index in [2.05, 4.69) is 13.8 Å². The highest BCUT2D eigenvalue weighted by Crippen LogP contribution is 2.32. The molecular weight excluding hydrogens is 311 g/mol. The second kappa shape index (κ2) is 9.45. The van der Waals surface area contributed by atoms with E-state index >= 15 is 0 Å². The molecule has 1 aliphatic rings. The average molecular weight is 343 g/mol. The van der Waals surface area contributed by atoms with Crippen LogP contribution in [0.1, 0.15) is 58.9 Å². The van der Waals surface area contributed by atoms with E-state index in [0.29, 0.717) is 12.3 Å². The van der Waals surface area contributed by atoms with E-state index in [-0.39, 0.29) is 18.3 Å². The molecule has 0 N–H and O–H groups in total. The number of piperidine rings is 1. The van der Waals surface area contributed by atoms with Gasteiger partial charge < -0.3 is 0 Å². The van der Waals surface area contributed by atoms with Crippen LogP contribution in [0.2, 0.25) is 0 Å². The van der Waals surface area contributed by atoms with Gasteiger partial charge in [0.25, 0.3) is 5.92 Å². The molecule has 1 aromatic carbocycles. The van der Waals surface area contributed by atoms with Gasteiger partial charge in [-0.3, -0.25) is 4.90 Å². The maximum absolute atomic E-state index is 13.3. The van der Waals surface area contributed by atoms with Gasteiger partial charge in [0.2, 0.25) is 0 Å². The molecule has 4 heteroatoms. The molecule has 1 aliphatic heterocycles. The Balaban J connectivity index is 0.000000254. The van der Waals surface area contributed by atoms with E-state index < -0.39 is 11.8 Å². The van der Waals surface area contributed by atoms with Crippen molar-refractivity contribution in [1.29, 1.82) is 0 Å². The van der Waals surface area contributed by atoms with Gasteiger partial charge in [0.05, 0.1) is 6.54 Å². The molecule has 1 nitrogen and oxygen atoms in total. The molecule has 0 aliphatic carbocycles. The molecule has 2 rings (SSSR count). The number of alkyl halides is 2. The van der Waals surface area contributed by atoms with Crippen molar-refractivity contribution < 1.29 is 13.2 Å². The number of nitrogens with zero attached hydrogens (tertiary/aromatic N) is 1. The molecule has 0 bridgehead atoms.